The van der Waals surface area contributed by atoms with Crippen LogP contribution in [0.1, 0.15) is 56.4 Å². The quantitative estimate of drug-likeness (QED) is 0.300. The Bertz CT molecular complexity index is 1140. The molecule has 3 atom stereocenters. The fraction of sp³-hybridized carbons (Fsp3) is 0.633. The van der Waals surface area contributed by atoms with Gasteiger partial charge in [0.15, 0.2) is 17.4 Å². The number of carbonyl (C=O) groups is 2. The second-order valence-corrected chi connectivity index (χ2v) is 11.1. The number of hydrogen-bond acceptors (Lipinski definition) is 9. The van der Waals surface area contributed by atoms with Crippen molar-refractivity contribution in [3.05, 3.63) is 36.0 Å². The lowest BCUT2D eigenvalue weighted by molar-refractivity contribution is -0.143. The van der Waals surface area contributed by atoms with E-state index in [9.17, 15) is 14.7 Å². The van der Waals surface area contributed by atoms with Crippen LogP contribution in [0.5, 0.6) is 17.2 Å². The number of carbonyl (C=O) groups excluding carboxylic acids is 1. The van der Waals surface area contributed by atoms with Crippen LogP contribution in [0.25, 0.3) is 0 Å². The number of benzene rings is 1. The van der Waals surface area contributed by atoms with Crippen LogP contribution >= 0.6 is 0 Å². The third-order valence-corrected chi connectivity index (χ3v) is 8.04. The smallest absolute Gasteiger partial charge is 0.308 e. The molecular weight excluding hydrogens is 528 g/mol. The van der Waals surface area contributed by atoms with Gasteiger partial charge in [0.05, 0.1) is 25.8 Å². The maximum atomic E-state index is 13.7. The van der Waals surface area contributed by atoms with Crippen molar-refractivity contribution in [1.82, 2.24) is 19.7 Å². The molecule has 11 nitrogen and oxygen atoms in total. The summed E-state index contributed by atoms with van der Waals surface area (Å²) in [7, 11) is 5.66. The van der Waals surface area contributed by atoms with Crippen LogP contribution in [0.15, 0.2) is 29.0 Å². The van der Waals surface area contributed by atoms with Crippen molar-refractivity contribution < 1.29 is 33.3 Å². The van der Waals surface area contributed by atoms with Gasteiger partial charge in [0.25, 0.3) is 0 Å². The first-order valence-corrected chi connectivity index (χ1v) is 14.6. The summed E-state index contributed by atoms with van der Waals surface area (Å²) in [4.78, 5) is 36.9. The molecule has 11 heteroatoms. The predicted molar refractivity (Wildman–Crippen MR) is 152 cm³/mol. The lowest BCUT2D eigenvalue weighted by Crippen LogP contribution is -2.45. The van der Waals surface area contributed by atoms with E-state index >= 15 is 0 Å². The number of carboxylic acid groups (broad SMARTS) is 1. The number of rotatable bonds is 16. The van der Waals surface area contributed by atoms with Crippen LogP contribution < -0.4 is 14.2 Å². The maximum Gasteiger partial charge on any atom is 0.308 e. The van der Waals surface area contributed by atoms with Crippen LogP contribution in [0.4, 0.5) is 0 Å². The number of likely N-dealkylation sites (tertiary alicyclic amines) is 1. The monoisotopic (exact) mass is 572 g/mol. The van der Waals surface area contributed by atoms with Crippen LogP contribution in [0.3, 0.4) is 0 Å². The highest BCUT2D eigenvalue weighted by molar-refractivity contribution is 5.79. The number of nitrogens with zero attached hydrogens (tertiary/aromatic N) is 4. The molecule has 0 unspecified atom stereocenters. The van der Waals surface area contributed by atoms with Gasteiger partial charge in [0.2, 0.25) is 18.4 Å². The van der Waals surface area contributed by atoms with E-state index < -0.39 is 11.9 Å². The minimum atomic E-state index is -0.898. The summed E-state index contributed by atoms with van der Waals surface area (Å²) >= 11 is 0. The van der Waals surface area contributed by atoms with E-state index in [-0.39, 0.29) is 31.2 Å². The van der Waals surface area contributed by atoms with Crippen molar-refractivity contribution >= 4 is 11.9 Å². The average Bonchev–Trinajstić information content (AvgIpc) is 3.70. The van der Waals surface area contributed by atoms with Crippen LogP contribution in [-0.4, -0.2) is 103 Å². The van der Waals surface area contributed by atoms with E-state index in [0.29, 0.717) is 55.6 Å². The first kappa shape index (κ1) is 30.6. The number of aliphatic carboxylic acids is 1. The second kappa shape index (κ2) is 14.5. The fourth-order valence-corrected chi connectivity index (χ4v) is 5.92. The minimum Gasteiger partial charge on any atom is -0.493 e. The molecule has 1 fully saturated rings. The molecule has 0 aliphatic carbocycles. The average molecular weight is 573 g/mol. The molecule has 1 aromatic carbocycles. The molecule has 41 heavy (non-hydrogen) atoms. The molecule has 0 bridgehead atoms. The second-order valence-electron chi connectivity index (χ2n) is 11.1. The summed E-state index contributed by atoms with van der Waals surface area (Å²) in [5.74, 6) is 0.150. The zero-order valence-electron chi connectivity index (χ0n) is 24.7. The summed E-state index contributed by atoms with van der Waals surface area (Å²) in [6, 6.07) is 3.30. The number of amides is 1. The summed E-state index contributed by atoms with van der Waals surface area (Å²) < 4.78 is 22.2. The number of hydrogen-bond donors (Lipinski definition) is 1. The normalized spacial score (nSPS) is 20.1. The van der Waals surface area contributed by atoms with Crippen molar-refractivity contribution in [2.75, 3.05) is 60.7 Å². The van der Waals surface area contributed by atoms with Gasteiger partial charge < -0.3 is 33.5 Å². The molecule has 4 rings (SSSR count). The Balaban J connectivity index is 1.58. The van der Waals surface area contributed by atoms with Gasteiger partial charge >= 0.3 is 5.97 Å². The molecule has 2 aliphatic rings. The van der Waals surface area contributed by atoms with Gasteiger partial charge in [0, 0.05) is 38.0 Å². The molecule has 2 aromatic rings. The van der Waals surface area contributed by atoms with Crippen LogP contribution in [0, 0.1) is 5.92 Å². The standard InChI is InChI=1S/C30H44N4O7/c1-5-6-13-33(14-8-7-12-32(2)3)27(35)19-34-18-22(21-16-24(38-4)29-25(17-21)40-20-41-29)28(30(36)37)23(34)9-10-26-31-11-15-39-26/h11,15-17,22-23,28H,5-10,12-14,18-20H2,1-4H3,(H,36,37)/t22-,23+,28-/m1/s1. The molecule has 1 aromatic heterocycles. The number of ether oxygens (including phenoxy) is 3. The summed E-state index contributed by atoms with van der Waals surface area (Å²) in [5, 5.41) is 10.5. The van der Waals surface area contributed by atoms with Crippen LogP contribution in [-0.2, 0) is 16.0 Å². The molecule has 2 aliphatic heterocycles. The van der Waals surface area contributed by atoms with Gasteiger partial charge in [-0.25, -0.2) is 4.98 Å². The maximum absolute atomic E-state index is 13.7. The minimum absolute atomic E-state index is 0.0393. The van der Waals surface area contributed by atoms with E-state index in [0.717, 1.165) is 37.8 Å². The molecular formula is C30H44N4O7. The summed E-state index contributed by atoms with van der Waals surface area (Å²) in [6.07, 6.45) is 7.96. The third-order valence-electron chi connectivity index (χ3n) is 8.04. The number of aryl methyl sites for hydroxylation is 1. The van der Waals surface area contributed by atoms with Crippen molar-refractivity contribution in [1.29, 1.82) is 0 Å². The zero-order valence-corrected chi connectivity index (χ0v) is 24.7. The highest BCUT2D eigenvalue weighted by Gasteiger charge is 2.47. The van der Waals surface area contributed by atoms with Crippen molar-refractivity contribution in [3.63, 3.8) is 0 Å². The molecule has 0 radical (unpaired) electrons. The third kappa shape index (κ3) is 7.71. The lowest BCUT2D eigenvalue weighted by Gasteiger charge is -2.29. The Hall–Kier alpha value is -3.31. The number of carboxylic acids is 1. The number of oxazole rings is 1. The zero-order chi connectivity index (χ0) is 29.4. The Morgan fingerprint density at radius 2 is 1.93 bits per heavy atom. The summed E-state index contributed by atoms with van der Waals surface area (Å²) in [5.41, 5.74) is 0.793. The van der Waals surface area contributed by atoms with Crippen molar-refractivity contribution in [3.8, 4) is 17.2 Å². The van der Waals surface area contributed by atoms with E-state index in [1.165, 1.54) is 6.26 Å². The van der Waals surface area contributed by atoms with E-state index in [2.05, 4.69) is 30.9 Å². The number of methoxy groups -OCH3 is 1. The molecule has 1 amide bonds. The largest absolute Gasteiger partial charge is 0.493 e. The van der Waals surface area contributed by atoms with E-state index in [4.69, 9.17) is 18.6 Å². The lowest BCUT2D eigenvalue weighted by atomic mass is 9.83. The van der Waals surface area contributed by atoms with E-state index in [1.807, 2.05) is 21.9 Å². The van der Waals surface area contributed by atoms with Gasteiger partial charge in [-0.05, 0) is 64.0 Å². The number of fused-ring (bicyclic) bond motifs is 1. The first-order chi connectivity index (χ1) is 19.8. The highest BCUT2D eigenvalue weighted by Crippen LogP contribution is 2.47. The van der Waals surface area contributed by atoms with Gasteiger partial charge in [-0.1, -0.05) is 13.3 Å². The van der Waals surface area contributed by atoms with Crippen molar-refractivity contribution in [2.45, 2.75) is 57.4 Å². The van der Waals surface area contributed by atoms with Gasteiger partial charge in [-0.2, -0.15) is 0 Å². The van der Waals surface area contributed by atoms with Crippen molar-refractivity contribution in [2.24, 2.45) is 5.92 Å². The van der Waals surface area contributed by atoms with Gasteiger partial charge in [-0.15, -0.1) is 0 Å². The number of aromatic nitrogens is 1. The fourth-order valence-electron chi connectivity index (χ4n) is 5.92. The highest BCUT2D eigenvalue weighted by atomic mass is 16.7. The number of unbranched alkanes of at least 4 members (excludes halogenated alkanes) is 2. The van der Waals surface area contributed by atoms with Gasteiger partial charge in [0.1, 0.15) is 6.26 Å². The Labute approximate surface area is 242 Å². The Morgan fingerprint density at radius 3 is 2.61 bits per heavy atom. The Morgan fingerprint density at radius 1 is 1.15 bits per heavy atom. The predicted octanol–water partition coefficient (Wildman–Crippen LogP) is 3.48. The summed E-state index contributed by atoms with van der Waals surface area (Å²) in [6.45, 7) is 5.18. The molecule has 0 saturated carbocycles. The SMILES string of the molecule is CCCCN(CCCCN(C)C)C(=O)CN1C[C@H](c2cc(OC)c3c(c2)OCO3)[C@@H](C(=O)O)[C@@H]1CCc1ncco1. The van der Waals surface area contributed by atoms with E-state index in [1.54, 1.807) is 13.3 Å². The molecule has 1 saturated heterocycles. The molecule has 226 valence electrons. The van der Waals surface area contributed by atoms with Crippen LogP contribution in [0.2, 0.25) is 0 Å². The molecule has 0 spiro atoms. The molecule has 3 heterocycles. The Kier molecular flexibility index (Phi) is 10.9. The van der Waals surface area contributed by atoms with Gasteiger partial charge in [-0.3, -0.25) is 14.5 Å². The first-order valence-electron chi connectivity index (χ1n) is 14.6. The topological polar surface area (TPSA) is 118 Å². The molecule has 1 N–H and O–H groups in total.